The molecule has 0 aliphatic rings. The van der Waals surface area contributed by atoms with Gasteiger partial charge in [-0.1, -0.05) is 13.7 Å². The number of hydroxylamine groups is 2. The van der Waals surface area contributed by atoms with Crippen LogP contribution in [0.2, 0.25) is 0 Å². The van der Waals surface area contributed by atoms with E-state index in [9.17, 15) is 4.79 Å². The highest BCUT2D eigenvalue weighted by Crippen LogP contribution is 1.97. The highest BCUT2D eigenvalue weighted by atomic mass is 16.7. The first kappa shape index (κ1) is 2.23. The minimum absolute atomic E-state index is 0.422. The van der Waals surface area contributed by atoms with Gasteiger partial charge in [0.05, 0.1) is 7.11 Å². The van der Waals surface area contributed by atoms with E-state index in [0.717, 1.165) is 14.2 Å². The molecule has 9 heavy (non-hydrogen) atoms. The van der Waals surface area contributed by atoms with E-state index in [0.29, 0.717) is 5.06 Å². The zero-order chi connectivity index (χ0) is 13.4. The summed E-state index contributed by atoms with van der Waals surface area (Å²) in [6.07, 6.45) is 0. The topological polar surface area (TPSA) is 29.5 Å². The third-order valence-corrected chi connectivity index (χ3v) is 0.774. The average Bonchev–Trinajstić information content (AvgIpc) is 2.10. The van der Waals surface area contributed by atoms with Gasteiger partial charge in [-0.25, -0.2) is 5.06 Å². The van der Waals surface area contributed by atoms with Crippen LogP contribution >= 0.6 is 0 Å². The Morgan fingerprint density at radius 1 is 1.89 bits per heavy atom. The molecule has 0 aromatic heterocycles. The molecule has 0 N–H and O–H groups in total. The smallest absolute Gasteiger partial charge is 0.248 e. The van der Waals surface area contributed by atoms with Crippen molar-refractivity contribution in [3.05, 3.63) is 0 Å². The number of nitrogens with zero attached hydrogens (tertiary/aromatic N) is 1. The maximum atomic E-state index is 11.6. The van der Waals surface area contributed by atoms with Crippen molar-refractivity contribution in [1.29, 1.82) is 0 Å². The highest BCUT2D eigenvalue weighted by molar-refractivity contribution is 5.76. The number of carbonyl (C=O) groups excluding carboxylic acids is 1. The zero-order valence-electron chi connectivity index (χ0n) is 12.3. The molecular weight excluding hydrogens is 118 g/mol. The summed E-state index contributed by atoms with van der Waals surface area (Å²) >= 11 is 0. The van der Waals surface area contributed by atoms with Crippen molar-refractivity contribution in [2.45, 2.75) is 13.7 Å². The fraction of sp³-hybridized carbons (Fsp3) is 0.833. The van der Waals surface area contributed by atoms with E-state index in [1.54, 1.807) is 0 Å². The second kappa shape index (κ2) is 3.45. The van der Waals surface area contributed by atoms with E-state index >= 15 is 0 Å². The molecule has 0 radical (unpaired) electrons. The minimum atomic E-state index is -3.28. The van der Waals surface area contributed by atoms with Crippen LogP contribution in [0, 0.1) is 5.89 Å². The summed E-state index contributed by atoms with van der Waals surface area (Å²) in [6.45, 7) is -6.55. The predicted octanol–water partition coefficient (Wildman–Crippen LogP) is 0.662. The van der Waals surface area contributed by atoms with Gasteiger partial charge >= 0.3 is 0 Å². The van der Waals surface area contributed by atoms with Crippen molar-refractivity contribution in [3.8, 4) is 0 Å². The summed E-state index contributed by atoms with van der Waals surface area (Å²) < 4.78 is 49.6. The molecule has 3 heteroatoms. The van der Waals surface area contributed by atoms with Crippen LogP contribution in [-0.4, -0.2) is 25.1 Å². The summed E-state index contributed by atoms with van der Waals surface area (Å²) in [5.74, 6) is -4.67. The van der Waals surface area contributed by atoms with Gasteiger partial charge in [-0.15, -0.1) is 0 Å². The molecule has 0 aliphatic carbocycles. The van der Waals surface area contributed by atoms with Crippen LogP contribution in [-0.2, 0) is 9.63 Å². The van der Waals surface area contributed by atoms with Crippen LogP contribution in [0.3, 0.4) is 0 Å². The van der Waals surface area contributed by atoms with E-state index in [1.807, 2.05) is 0 Å². The molecular formula is C6H13NO2. The fourth-order valence-corrected chi connectivity index (χ4v) is 0.240. The Morgan fingerprint density at radius 2 is 2.44 bits per heavy atom. The molecule has 0 aromatic rings. The minimum Gasteiger partial charge on any atom is -0.275 e. The Hall–Kier alpha value is -0.570. The summed E-state index contributed by atoms with van der Waals surface area (Å²) in [5.41, 5.74) is 0. The normalized spacial score (nSPS) is 25.3. The monoisotopic (exact) mass is 138 g/mol. The number of hydrogen-bond donors (Lipinski definition) is 0. The maximum Gasteiger partial charge on any atom is 0.248 e. The van der Waals surface area contributed by atoms with Gasteiger partial charge in [0.15, 0.2) is 0 Å². The third kappa shape index (κ3) is 2.46. The molecule has 0 aliphatic heterocycles. The number of amides is 1. The molecule has 0 aromatic carbocycles. The lowest BCUT2D eigenvalue weighted by atomic mass is 10.2. The third-order valence-electron chi connectivity index (χ3n) is 0.774. The second-order valence-electron chi connectivity index (χ2n) is 1.36. The summed E-state index contributed by atoms with van der Waals surface area (Å²) in [5, 5.41) is 0.422. The van der Waals surface area contributed by atoms with Gasteiger partial charge in [0, 0.05) is 22.5 Å². The van der Waals surface area contributed by atoms with E-state index in [-0.39, 0.29) is 0 Å². The van der Waals surface area contributed by atoms with Gasteiger partial charge in [-0.3, -0.25) is 9.63 Å². The molecule has 0 atom stereocenters. The van der Waals surface area contributed by atoms with Crippen molar-refractivity contribution in [1.82, 2.24) is 5.06 Å². The van der Waals surface area contributed by atoms with Crippen molar-refractivity contribution in [2.24, 2.45) is 5.89 Å². The molecule has 0 heterocycles. The van der Waals surface area contributed by atoms with E-state index in [1.165, 1.54) is 0 Å². The first-order chi connectivity index (χ1) is 6.89. The predicted molar refractivity (Wildman–Crippen MR) is 34.6 cm³/mol. The maximum absolute atomic E-state index is 11.6. The Bertz CT molecular complexity index is 257. The van der Waals surface area contributed by atoms with Crippen LogP contribution in [0.5, 0.6) is 0 Å². The van der Waals surface area contributed by atoms with Crippen LogP contribution in [0.25, 0.3) is 0 Å². The first-order valence-corrected chi connectivity index (χ1v) is 2.22. The fourth-order valence-electron chi connectivity index (χ4n) is 0.240. The lowest BCUT2D eigenvalue weighted by Crippen LogP contribution is -2.29. The Morgan fingerprint density at radius 3 is 2.78 bits per heavy atom. The first-order valence-electron chi connectivity index (χ1n) is 5.72. The SMILES string of the molecule is [2H]C([2H])([2H])C([2H])(C(=O)N(C)OC)C([2H])([2H])[2H]. The van der Waals surface area contributed by atoms with E-state index in [2.05, 4.69) is 4.84 Å². The molecule has 0 unspecified atom stereocenters. The van der Waals surface area contributed by atoms with Crippen molar-refractivity contribution < 1.29 is 19.2 Å². The zero-order valence-corrected chi connectivity index (χ0v) is 5.26. The standard InChI is InChI=1S/C6H13NO2/c1-5(2)6(8)7(3)9-4/h5H,1-4H3/i1D3,2D3,5D. The number of hydrogen-bond acceptors (Lipinski definition) is 2. The molecule has 0 bridgehead atoms. The molecule has 0 rings (SSSR count). The number of rotatable bonds is 2. The molecule has 0 saturated heterocycles. The van der Waals surface area contributed by atoms with Gasteiger partial charge in [-0.2, -0.15) is 0 Å². The van der Waals surface area contributed by atoms with Crippen molar-refractivity contribution in [2.75, 3.05) is 14.2 Å². The largest absolute Gasteiger partial charge is 0.275 e. The average molecular weight is 138 g/mol. The highest BCUT2D eigenvalue weighted by Gasteiger charge is 2.10. The van der Waals surface area contributed by atoms with Gasteiger partial charge < -0.3 is 0 Å². The van der Waals surface area contributed by atoms with Gasteiger partial charge in [0.2, 0.25) is 5.91 Å². The Balaban J connectivity index is 5.54. The van der Waals surface area contributed by atoms with Crippen LogP contribution in [0.15, 0.2) is 0 Å². The van der Waals surface area contributed by atoms with Crippen LogP contribution in [0.1, 0.15) is 23.3 Å². The molecule has 1 amide bonds. The van der Waals surface area contributed by atoms with Gasteiger partial charge in [0.25, 0.3) is 0 Å². The van der Waals surface area contributed by atoms with E-state index < -0.39 is 25.5 Å². The van der Waals surface area contributed by atoms with E-state index in [4.69, 9.17) is 9.60 Å². The molecule has 0 saturated carbocycles. The van der Waals surface area contributed by atoms with Crippen LogP contribution in [0.4, 0.5) is 0 Å². The second-order valence-corrected chi connectivity index (χ2v) is 1.36. The molecule has 0 spiro atoms. The summed E-state index contributed by atoms with van der Waals surface area (Å²) in [4.78, 5) is 16.0. The quantitative estimate of drug-likeness (QED) is 0.525. The Kier molecular flexibility index (Phi) is 0.858. The molecule has 3 nitrogen and oxygen atoms in total. The Labute approximate surface area is 65.4 Å². The summed E-state index contributed by atoms with van der Waals surface area (Å²) in [7, 11) is 2.11. The van der Waals surface area contributed by atoms with Gasteiger partial charge in [-0.05, 0) is 0 Å². The lowest BCUT2D eigenvalue weighted by Gasteiger charge is -2.15. The molecule has 54 valence electrons. The number of carbonyl (C=O) groups is 1. The van der Waals surface area contributed by atoms with Crippen molar-refractivity contribution in [3.63, 3.8) is 0 Å². The van der Waals surface area contributed by atoms with Crippen molar-refractivity contribution >= 4 is 5.91 Å². The summed E-state index contributed by atoms with van der Waals surface area (Å²) in [6, 6.07) is 0. The van der Waals surface area contributed by atoms with Crippen LogP contribution < -0.4 is 0 Å². The van der Waals surface area contributed by atoms with Gasteiger partial charge in [0.1, 0.15) is 0 Å². The molecule has 0 fully saturated rings. The lowest BCUT2D eigenvalue weighted by molar-refractivity contribution is -0.172.